The summed E-state index contributed by atoms with van der Waals surface area (Å²) in [7, 11) is 0. The first-order valence-corrected chi connectivity index (χ1v) is 7.78. The number of hydrogen-bond acceptors (Lipinski definition) is 4. The average Bonchev–Trinajstić information content (AvgIpc) is 2.95. The van der Waals surface area contributed by atoms with Gasteiger partial charge in [0.05, 0.1) is 15.6 Å². The number of benzene rings is 1. The fourth-order valence-corrected chi connectivity index (χ4v) is 3.07. The van der Waals surface area contributed by atoms with E-state index < -0.39 is 0 Å². The van der Waals surface area contributed by atoms with Gasteiger partial charge in [-0.15, -0.1) is 5.10 Å². The van der Waals surface area contributed by atoms with Gasteiger partial charge in [-0.1, -0.05) is 44.0 Å². The maximum Gasteiger partial charge on any atom is 0.184 e. The van der Waals surface area contributed by atoms with Crippen LogP contribution in [0.3, 0.4) is 0 Å². The van der Waals surface area contributed by atoms with Gasteiger partial charge < -0.3 is 5.73 Å². The molecule has 114 valence electrons. The molecule has 0 aliphatic heterocycles. The highest BCUT2D eigenvalue weighted by Gasteiger charge is 2.31. The topological polar surface area (TPSA) is 69.6 Å². The van der Waals surface area contributed by atoms with Crippen molar-refractivity contribution in [2.24, 2.45) is 0 Å². The van der Waals surface area contributed by atoms with Crippen LogP contribution >= 0.6 is 23.2 Å². The highest BCUT2D eigenvalue weighted by molar-refractivity contribution is 6.43. The molecular weight excluding hydrogens is 309 g/mol. The van der Waals surface area contributed by atoms with E-state index in [2.05, 4.69) is 36.3 Å². The van der Waals surface area contributed by atoms with Crippen LogP contribution in [0.2, 0.25) is 10.0 Å². The second-order valence-corrected chi connectivity index (χ2v) is 5.85. The summed E-state index contributed by atoms with van der Waals surface area (Å²) >= 11 is 12.4. The zero-order chi connectivity index (χ0) is 15.6. The minimum absolute atomic E-state index is 0.140. The summed E-state index contributed by atoms with van der Waals surface area (Å²) in [6.45, 7) is 6.39. The lowest BCUT2D eigenvalue weighted by Crippen LogP contribution is -2.33. The van der Waals surface area contributed by atoms with Crippen molar-refractivity contribution >= 4 is 28.9 Å². The summed E-state index contributed by atoms with van der Waals surface area (Å²) in [5.41, 5.74) is 6.92. The summed E-state index contributed by atoms with van der Waals surface area (Å²) in [4.78, 5) is 0. The van der Waals surface area contributed by atoms with Crippen LogP contribution in [0.15, 0.2) is 12.1 Å². The highest BCUT2D eigenvalue weighted by Crippen LogP contribution is 2.38. The number of halogens is 2. The number of nitrogens with zero attached hydrogens (tertiary/aromatic N) is 4. The molecule has 0 saturated heterocycles. The number of aromatic nitrogens is 4. The van der Waals surface area contributed by atoms with Crippen molar-refractivity contribution in [2.45, 2.75) is 45.6 Å². The van der Waals surface area contributed by atoms with Crippen LogP contribution in [0.25, 0.3) is 11.4 Å². The Balaban J connectivity index is 2.66. The first kappa shape index (κ1) is 16.0. The molecule has 2 aromatic rings. The van der Waals surface area contributed by atoms with Crippen molar-refractivity contribution in [3.63, 3.8) is 0 Å². The maximum absolute atomic E-state index is 6.31. The van der Waals surface area contributed by atoms with Gasteiger partial charge in [0.25, 0.3) is 0 Å². The van der Waals surface area contributed by atoms with E-state index in [9.17, 15) is 0 Å². The average molecular weight is 328 g/mol. The Morgan fingerprint density at radius 3 is 2.33 bits per heavy atom. The molecular formula is C14H19Cl2N5. The van der Waals surface area contributed by atoms with Crippen molar-refractivity contribution in [2.75, 3.05) is 5.73 Å². The van der Waals surface area contributed by atoms with Crippen molar-refractivity contribution in [1.29, 1.82) is 0 Å². The molecule has 2 N–H and O–H groups in total. The molecule has 0 radical (unpaired) electrons. The zero-order valence-electron chi connectivity index (χ0n) is 12.4. The third-order valence-electron chi connectivity index (χ3n) is 4.18. The lowest BCUT2D eigenvalue weighted by Gasteiger charge is -2.31. The van der Waals surface area contributed by atoms with Crippen LogP contribution in [-0.2, 0) is 5.54 Å². The van der Waals surface area contributed by atoms with Crippen LogP contribution in [0.5, 0.6) is 0 Å². The predicted octanol–water partition coefficient (Wildman–Crippen LogP) is 4.15. The van der Waals surface area contributed by atoms with Crippen LogP contribution in [0.4, 0.5) is 5.69 Å². The molecule has 0 atom stereocenters. The van der Waals surface area contributed by atoms with Gasteiger partial charge in [-0.3, -0.25) is 0 Å². The lowest BCUT2D eigenvalue weighted by atomic mass is 9.89. The molecule has 0 unspecified atom stereocenters. The van der Waals surface area contributed by atoms with Crippen molar-refractivity contribution < 1.29 is 0 Å². The molecule has 0 spiro atoms. The summed E-state index contributed by atoms with van der Waals surface area (Å²) < 4.78 is 1.85. The van der Waals surface area contributed by atoms with Gasteiger partial charge in [-0.25, -0.2) is 4.68 Å². The lowest BCUT2D eigenvalue weighted by molar-refractivity contribution is 0.223. The molecule has 2 rings (SSSR count). The molecule has 0 bridgehead atoms. The number of tetrazole rings is 1. The summed E-state index contributed by atoms with van der Waals surface area (Å²) in [6.07, 6.45) is 2.77. The molecule has 1 aromatic heterocycles. The van der Waals surface area contributed by atoms with E-state index in [4.69, 9.17) is 28.9 Å². The normalized spacial score (nSPS) is 11.9. The third-order valence-corrected chi connectivity index (χ3v) is 4.99. The van der Waals surface area contributed by atoms with Gasteiger partial charge in [0, 0.05) is 11.3 Å². The van der Waals surface area contributed by atoms with Gasteiger partial charge in [0.2, 0.25) is 0 Å². The summed E-state index contributed by atoms with van der Waals surface area (Å²) in [6, 6.07) is 3.37. The standard InChI is InChI=1S/C14H19Cl2N5/c1-4-14(5-2,6-3)21-13(18-19-20-21)10-7-9(17)8-11(15)12(10)16/h7-8H,4-6,17H2,1-3H3. The minimum atomic E-state index is -0.140. The van der Waals surface area contributed by atoms with Gasteiger partial charge in [0.1, 0.15) is 0 Å². The van der Waals surface area contributed by atoms with E-state index in [-0.39, 0.29) is 5.54 Å². The van der Waals surface area contributed by atoms with E-state index >= 15 is 0 Å². The molecule has 5 nitrogen and oxygen atoms in total. The SMILES string of the molecule is CCC(CC)(CC)n1nnnc1-c1cc(N)cc(Cl)c1Cl. The molecule has 0 aliphatic rings. The molecule has 0 aliphatic carbocycles. The Hall–Kier alpha value is -1.33. The number of anilines is 1. The molecule has 0 fully saturated rings. The van der Waals surface area contributed by atoms with E-state index in [0.717, 1.165) is 19.3 Å². The van der Waals surface area contributed by atoms with Crippen molar-refractivity contribution in [3.8, 4) is 11.4 Å². The first-order chi connectivity index (χ1) is 9.99. The quantitative estimate of drug-likeness (QED) is 0.837. The molecule has 0 saturated carbocycles. The van der Waals surface area contributed by atoms with E-state index in [1.54, 1.807) is 12.1 Å². The molecule has 1 heterocycles. The van der Waals surface area contributed by atoms with E-state index in [1.807, 2.05) is 4.68 Å². The molecule has 7 heteroatoms. The summed E-state index contributed by atoms with van der Waals surface area (Å²) in [5, 5.41) is 13.0. The minimum Gasteiger partial charge on any atom is -0.399 e. The van der Waals surface area contributed by atoms with Crippen molar-refractivity contribution in [1.82, 2.24) is 20.2 Å². The zero-order valence-corrected chi connectivity index (χ0v) is 13.9. The van der Waals surface area contributed by atoms with Gasteiger partial charge in [-0.2, -0.15) is 0 Å². The molecule has 1 aromatic carbocycles. The fourth-order valence-electron chi connectivity index (χ4n) is 2.65. The maximum atomic E-state index is 6.31. The smallest absolute Gasteiger partial charge is 0.184 e. The Kier molecular flexibility index (Phi) is 4.74. The second kappa shape index (κ2) is 6.20. The Labute approximate surface area is 134 Å². The van der Waals surface area contributed by atoms with Gasteiger partial charge in [0.15, 0.2) is 5.82 Å². The first-order valence-electron chi connectivity index (χ1n) is 7.02. The number of nitrogen functional groups attached to an aromatic ring is 1. The highest BCUT2D eigenvalue weighted by atomic mass is 35.5. The van der Waals surface area contributed by atoms with Gasteiger partial charge in [-0.05, 0) is 41.8 Å². The van der Waals surface area contributed by atoms with Crippen LogP contribution in [0, 0.1) is 0 Å². The fraction of sp³-hybridized carbons (Fsp3) is 0.500. The van der Waals surface area contributed by atoms with Crippen LogP contribution < -0.4 is 5.73 Å². The largest absolute Gasteiger partial charge is 0.399 e. The molecule has 0 amide bonds. The Bertz CT molecular complexity index is 626. The molecule has 21 heavy (non-hydrogen) atoms. The monoisotopic (exact) mass is 327 g/mol. The Morgan fingerprint density at radius 2 is 1.76 bits per heavy atom. The van der Waals surface area contributed by atoms with Crippen LogP contribution in [0.1, 0.15) is 40.0 Å². The number of nitrogens with two attached hydrogens (primary N) is 1. The Morgan fingerprint density at radius 1 is 1.14 bits per heavy atom. The van der Waals surface area contributed by atoms with Crippen molar-refractivity contribution in [3.05, 3.63) is 22.2 Å². The van der Waals surface area contributed by atoms with Gasteiger partial charge >= 0.3 is 0 Å². The van der Waals surface area contributed by atoms with E-state index in [0.29, 0.717) is 27.1 Å². The third kappa shape index (κ3) is 2.72. The summed E-state index contributed by atoms with van der Waals surface area (Å²) in [5.74, 6) is 0.597. The van der Waals surface area contributed by atoms with Crippen LogP contribution in [-0.4, -0.2) is 20.2 Å². The number of hydrogen-bond donors (Lipinski definition) is 1. The number of rotatable bonds is 5. The predicted molar refractivity (Wildman–Crippen MR) is 86.5 cm³/mol. The second-order valence-electron chi connectivity index (χ2n) is 5.06. The van der Waals surface area contributed by atoms with E-state index in [1.165, 1.54) is 0 Å².